The van der Waals surface area contributed by atoms with Gasteiger partial charge in [-0.1, -0.05) is 6.92 Å². The van der Waals surface area contributed by atoms with Crippen LogP contribution in [0.3, 0.4) is 0 Å². The minimum absolute atomic E-state index is 0.209. The van der Waals surface area contributed by atoms with Crippen molar-refractivity contribution in [1.82, 2.24) is 4.72 Å². The number of aliphatic hydroxyl groups excluding tert-OH is 1. The van der Waals surface area contributed by atoms with Gasteiger partial charge in [0.15, 0.2) is 0 Å². The van der Waals surface area contributed by atoms with E-state index in [-0.39, 0.29) is 11.5 Å². The molecule has 1 aromatic carbocycles. The first-order chi connectivity index (χ1) is 9.18. The van der Waals surface area contributed by atoms with Crippen LogP contribution in [-0.4, -0.2) is 32.5 Å². The number of hydrogen-bond donors (Lipinski definition) is 2. The van der Waals surface area contributed by atoms with E-state index in [4.69, 9.17) is 5.11 Å². The number of nitrogens with one attached hydrogen (secondary N) is 1. The Kier molecular flexibility index (Phi) is 5.37. The zero-order valence-electron chi connectivity index (χ0n) is 10.5. The van der Waals surface area contributed by atoms with Gasteiger partial charge in [0.2, 0.25) is 10.0 Å². The first-order valence-electron chi connectivity index (χ1n) is 5.67. The lowest BCUT2D eigenvalue weighted by Crippen LogP contribution is -2.36. The second-order valence-corrected chi connectivity index (χ2v) is 5.64. The van der Waals surface area contributed by atoms with Crippen molar-refractivity contribution in [3.05, 3.63) is 24.3 Å². The van der Waals surface area contributed by atoms with Gasteiger partial charge in [-0.2, -0.15) is 0 Å². The minimum atomic E-state index is -4.83. The standard InChI is InChI=1S/C11H14F3NO4S/c1-2-8(7-16)15-20(17,18)10-5-3-9(4-6-10)19-11(12,13)14/h3-6,8,15-16H,2,7H2,1H3. The molecule has 0 radical (unpaired) electrons. The fraction of sp³-hybridized carbons (Fsp3) is 0.455. The average molecular weight is 313 g/mol. The first-order valence-corrected chi connectivity index (χ1v) is 7.15. The van der Waals surface area contributed by atoms with Crippen LogP contribution in [0.15, 0.2) is 29.2 Å². The number of ether oxygens (including phenoxy) is 1. The normalized spacial score (nSPS) is 14.1. The quantitative estimate of drug-likeness (QED) is 0.837. The van der Waals surface area contributed by atoms with E-state index in [9.17, 15) is 21.6 Å². The minimum Gasteiger partial charge on any atom is -0.406 e. The predicted molar refractivity (Wildman–Crippen MR) is 64.6 cm³/mol. The number of hydrogen-bond acceptors (Lipinski definition) is 4. The molecule has 0 amide bonds. The van der Waals surface area contributed by atoms with Crippen molar-refractivity contribution in [2.45, 2.75) is 30.6 Å². The summed E-state index contributed by atoms with van der Waals surface area (Å²) in [5.41, 5.74) is 0. The summed E-state index contributed by atoms with van der Waals surface area (Å²) in [6, 6.07) is 3.15. The van der Waals surface area contributed by atoms with Crippen molar-refractivity contribution >= 4 is 10.0 Å². The molecule has 1 aromatic rings. The average Bonchev–Trinajstić information content (AvgIpc) is 2.34. The van der Waals surface area contributed by atoms with Crippen molar-refractivity contribution in [1.29, 1.82) is 0 Å². The summed E-state index contributed by atoms with van der Waals surface area (Å²) in [6.45, 7) is 1.31. The molecule has 9 heteroatoms. The fourth-order valence-corrected chi connectivity index (χ4v) is 2.67. The Morgan fingerprint density at radius 3 is 2.25 bits per heavy atom. The van der Waals surface area contributed by atoms with E-state index in [1.807, 2.05) is 0 Å². The second kappa shape index (κ2) is 6.42. The van der Waals surface area contributed by atoms with Crippen LogP contribution in [0.2, 0.25) is 0 Å². The Balaban J connectivity index is 2.87. The van der Waals surface area contributed by atoms with Gasteiger partial charge in [-0.3, -0.25) is 0 Å². The summed E-state index contributed by atoms with van der Waals surface area (Å²) in [5.74, 6) is -0.509. The lowest BCUT2D eigenvalue weighted by molar-refractivity contribution is -0.274. The molecule has 0 aliphatic carbocycles. The molecule has 0 spiro atoms. The summed E-state index contributed by atoms with van der Waals surface area (Å²) in [6.07, 6.45) is -4.45. The smallest absolute Gasteiger partial charge is 0.406 e. The third kappa shape index (κ3) is 4.99. The van der Waals surface area contributed by atoms with E-state index in [1.165, 1.54) is 0 Å². The number of benzene rings is 1. The van der Waals surface area contributed by atoms with Gasteiger partial charge < -0.3 is 9.84 Å². The molecule has 1 unspecified atom stereocenters. The Morgan fingerprint density at radius 1 is 1.30 bits per heavy atom. The van der Waals surface area contributed by atoms with E-state index in [0.717, 1.165) is 24.3 Å². The molecule has 0 aliphatic rings. The van der Waals surface area contributed by atoms with Crippen LogP contribution < -0.4 is 9.46 Å². The summed E-state index contributed by atoms with van der Waals surface area (Å²) < 4.78 is 65.5. The van der Waals surface area contributed by atoms with Crippen molar-refractivity contribution in [3.8, 4) is 5.75 Å². The zero-order chi connectivity index (χ0) is 15.4. The van der Waals surface area contributed by atoms with Gasteiger partial charge in [-0.15, -0.1) is 13.2 Å². The third-order valence-corrected chi connectivity index (χ3v) is 3.94. The Hall–Kier alpha value is -1.32. The van der Waals surface area contributed by atoms with E-state index >= 15 is 0 Å². The van der Waals surface area contributed by atoms with Crippen molar-refractivity contribution < 1.29 is 31.4 Å². The SMILES string of the molecule is CCC(CO)NS(=O)(=O)c1ccc(OC(F)(F)F)cc1. The maximum Gasteiger partial charge on any atom is 0.573 e. The van der Waals surface area contributed by atoms with Gasteiger partial charge in [0.25, 0.3) is 0 Å². The highest BCUT2D eigenvalue weighted by molar-refractivity contribution is 7.89. The molecule has 0 aromatic heterocycles. The van der Waals surface area contributed by atoms with E-state index in [0.29, 0.717) is 6.42 Å². The molecule has 0 bridgehead atoms. The summed E-state index contributed by atoms with van der Waals surface area (Å²) in [5, 5.41) is 8.94. The summed E-state index contributed by atoms with van der Waals surface area (Å²) in [7, 11) is -3.89. The number of rotatable bonds is 6. The maximum absolute atomic E-state index is 12.0. The van der Waals surface area contributed by atoms with Crippen molar-refractivity contribution in [2.75, 3.05) is 6.61 Å². The van der Waals surface area contributed by atoms with Gasteiger partial charge >= 0.3 is 6.36 Å². The highest BCUT2D eigenvalue weighted by Gasteiger charge is 2.31. The topological polar surface area (TPSA) is 75.6 Å². The molecule has 0 fully saturated rings. The number of halogens is 3. The molecule has 0 aliphatic heterocycles. The molecule has 20 heavy (non-hydrogen) atoms. The van der Waals surface area contributed by atoms with Crippen LogP contribution in [-0.2, 0) is 10.0 Å². The molecule has 0 saturated heterocycles. The van der Waals surface area contributed by atoms with Gasteiger partial charge in [0.05, 0.1) is 11.5 Å². The van der Waals surface area contributed by atoms with Crippen LogP contribution in [0.4, 0.5) is 13.2 Å². The lowest BCUT2D eigenvalue weighted by atomic mass is 10.3. The number of alkyl halides is 3. The monoisotopic (exact) mass is 313 g/mol. The van der Waals surface area contributed by atoms with Gasteiger partial charge in [-0.25, -0.2) is 13.1 Å². The number of aliphatic hydroxyl groups is 1. The molecule has 5 nitrogen and oxygen atoms in total. The third-order valence-electron chi connectivity index (χ3n) is 2.40. The first kappa shape index (κ1) is 16.7. The molecule has 1 rings (SSSR count). The number of sulfonamides is 1. The van der Waals surface area contributed by atoms with Crippen LogP contribution >= 0.6 is 0 Å². The zero-order valence-corrected chi connectivity index (χ0v) is 11.3. The fourth-order valence-electron chi connectivity index (χ4n) is 1.36. The van der Waals surface area contributed by atoms with E-state index < -0.39 is 28.2 Å². The van der Waals surface area contributed by atoms with Gasteiger partial charge in [0, 0.05) is 6.04 Å². The lowest BCUT2D eigenvalue weighted by Gasteiger charge is -2.14. The van der Waals surface area contributed by atoms with Crippen molar-refractivity contribution in [3.63, 3.8) is 0 Å². The van der Waals surface area contributed by atoms with Gasteiger partial charge in [0.1, 0.15) is 5.75 Å². The Bertz CT molecular complexity index is 524. The molecule has 2 N–H and O–H groups in total. The molecule has 114 valence electrons. The maximum atomic E-state index is 12.0. The largest absolute Gasteiger partial charge is 0.573 e. The van der Waals surface area contributed by atoms with E-state index in [1.54, 1.807) is 6.92 Å². The van der Waals surface area contributed by atoms with Gasteiger partial charge in [-0.05, 0) is 30.7 Å². The van der Waals surface area contributed by atoms with Crippen molar-refractivity contribution in [2.24, 2.45) is 0 Å². The second-order valence-electron chi connectivity index (χ2n) is 3.93. The summed E-state index contributed by atoms with van der Waals surface area (Å²) in [4.78, 5) is -0.209. The van der Waals surface area contributed by atoms with Crippen LogP contribution in [0.1, 0.15) is 13.3 Å². The van der Waals surface area contributed by atoms with E-state index in [2.05, 4.69) is 9.46 Å². The summed E-state index contributed by atoms with van der Waals surface area (Å²) >= 11 is 0. The molecule has 0 heterocycles. The molecule has 0 saturated carbocycles. The highest BCUT2D eigenvalue weighted by atomic mass is 32.2. The highest BCUT2D eigenvalue weighted by Crippen LogP contribution is 2.23. The molecule has 1 atom stereocenters. The van der Waals surface area contributed by atoms with Crippen LogP contribution in [0, 0.1) is 0 Å². The van der Waals surface area contributed by atoms with Crippen LogP contribution in [0.25, 0.3) is 0 Å². The molecular weight excluding hydrogens is 299 g/mol. The Labute approximate surface area is 114 Å². The van der Waals surface area contributed by atoms with Crippen LogP contribution in [0.5, 0.6) is 5.75 Å². The Morgan fingerprint density at radius 2 is 1.85 bits per heavy atom. The predicted octanol–water partition coefficient (Wildman–Crippen LogP) is 1.63. The molecular formula is C11H14F3NO4S.